The summed E-state index contributed by atoms with van der Waals surface area (Å²) in [6.45, 7) is 3.31. The Kier molecular flexibility index (Phi) is 6.98. The van der Waals surface area contributed by atoms with Gasteiger partial charge in [0.2, 0.25) is 5.91 Å². The fraction of sp³-hybridized carbons (Fsp3) is 0.526. The van der Waals surface area contributed by atoms with Gasteiger partial charge in [0, 0.05) is 12.6 Å². The second-order valence-corrected chi connectivity index (χ2v) is 5.93. The molecule has 2 rings (SSSR count). The van der Waals surface area contributed by atoms with Crippen LogP contribution in [0.2, 0.25) is 0 Å². The quantitative estimate of drug-likeness (QED) is 0.778. The van der Waals surface area contributed by atoms with E-state index in [-0.39, 0.29) is 5.91 Å². The number of benzene rings is 1. The van der Waals surface area contributed by atoms with Crippen molar-refractivity contribution < 1.29 is 14.3 Å². The second-order valence-electron chi connectivity index (χ2n) is 5.93. The van der Waals surface area contributed by atoms with E-state index in [2.05, 4.69) is 5.32 Å². The lowest BCUT2D eigenvalue weighted by atomic mass is 9.89. The Morgan fingerprint density at radius 2 is 2.04 bits per heavy atom. The molecular formula is C19H27NO3. The maximum absolute atomic E-state index is 11.9. The van der Waals surface area contributed by atoms with Gasteiger partial charge in [0.15, 0.2) is 11.5 Å². The van der Waals surface area contributed by atoms with E-state index >= 15 is 0 Å². The molecule has 0 saturated heterocycles. The van der Waals surface area contributed by atoms with Gasteiger partial charge in [-0.05, 0) is 49.5 Å². The number of carbonyl (C=O) groups excluding carboxylic acids is 1. The summed E-state index contributed by atoms with van der Waals surface area (Å²) in [5.41, 5.74) is 0.915. The maximum atomic E-state index is 11.9. The third-order valence-corrected chi connectivity index (χ3v) is 4.20. The van der Waals surface area contributed by atoms with Gasteiger partial charge in [0.05, 0.1) is 13.7 Å². The van der Waals surface area contributed by atoms with Crippen molar-refractivity contribution in [3.63, 3.8) is 0 Å². The van der Waals surface area contributed by atoms with Crippen molar-refractivity contribution in [1.82, 2.24) is 5.32 Å². The molecule has 1 aromatic rings. The predicted molar refractivity (Wildman–Crippen MR) is 92.8 cm³/mol. The first-order chi connectivity index (χ1) is 11.2. The van der Waals surface area contributed by atoms with Crippen LogP contribution in [0, 0.1) is 5.92 Å². The summed E-state index contributed by atoms with van der Waals surface area (Å²) in [4.78, 5) is 11.9. The summed E-state index contributed by atoms with van der Waals surface area (Å²) in [6, 6.07) is 5.65. The van der Waals surface area contributed by atoms with Crippen molar-refractivity contribution in [3.05, 3.63) is 29.8 Å². The number of rotatable bonds is 7. The van der Waals surface area contributed by atoms with E-state index in [0.29, 0.717) is 24.0 Å². The minimum absolute atomic E-state index is 0.0385. The summed E-state index contributed by atoms with van der Waals surface area (Å²) in [5, 5.41) is 3.00. The van der Waals surface area contributed by atoms with E-state index in [1.54, 1.807) is 19.3 Å². The Balaban J connectivity index is 1.87. The van der Waals surface area contributed by atoms with Crippen molar-refractivity contribution >= 4 is 12.0 Å². The molecule has 1 N–H and O–H groups in total. The van der Waals surface area contributed by atoms with Gasteiger partial charge in [-0.15, -0.1) is 0 Å². The molecule has 0 unspecified atom stereocenters. The smallest absolute Gasteiger partial charge is 0.244 e. The van der Waals surface area contributed by atoms with Crippen LogP contribution in [0.4, 0.5) is 0 Å². The van der Waals surface area contributed by atoms with Crippen molar-refractivity contribution in [3.8, 4) is 11.5 Å². The zero-order chi connectivity index (χ0) is 16.5. The lowest BCUT2D eigenvalue weighted by Gasteiger charge is -2.21. The van der Waals surface area contributed by atoms with Crippen LogP contribution in [-0.4, -0.2) is 26.2 Å². The molecule has 0 heterocycles. The first kappa shape index (κ1) is 17.4. The molecule has 1 aliphatic rings. The van der Waals surface area contributed by atoms with Crippen LogP contribution in [0.1, 0.15) is 44.6 Å². The number of amides is 1. The Morgan fingerprint density at radius 1 is 1.26 bits per heavy atom. The van der Waals surface area contributed by atoms with Crippen LogP contribution in [0.3, 0.4) is 0 Å². The molecule has 0 aromatic heterocycles. The minimum atomic E-state index is -0.0385. The molecule has 0 aliphatic heterocycles. The monoisotopic (exact) mass is 317 g/mol. The molecule has 1 saturated carbocycles. The number of hydrogen-bond acceptors (Lipinski definition) is 3. The molecule has 126 valence electrons. The predicted octanol–water partition coefficient (Wildman–Crippen LogP) is 3.80. The molecule has 0 spiro atoms. The van der Waals surface area contributed by atoms with Crippen LogP contribution in [-0.2, 0) is 4.79 Å². The molecule has 0 bridgehead atoms. The van der Waals surface area contributed by atoms with Crippen molar-refractivity contribution in [2.75, 3.05) is 20.3 Å². The zero-order valence-corrected chi connectivity index (χ0v) is 14.1. The molecule has 23 heavy (non-hydrogen) atoms. The first-order valence-corrected chi connectivity index (χ1v) is 8.49. The Hall–Kier alpha value is -1.97. The standard InChI is InChI=1S/C19H27NO3/c1-3-23-17-11-9-15(13-18(17)22-2)10-12-19(21)20-14-16-7-5-4-6-8-16/h9-13,16H,3-8,14H2,1-2H3,(H,20,21)/b12-10+. The van der Waals surface area contributed by atoms with Crippen LogP contribution < -0.4 is 14.8 Å². The van der Waals surface area contributed by atoms with Crippen LogP contribution in [0.15, 0.2) is 24.3 Å². The molecule has 0 radical (unpaired) electrons. The lowest BCUT2D eigenvalue weighted by Crippen LogP contribution is -2.28. The zero-order valence-electron chi connectivity index (χ0n) is 14.1. The summed E-state index contributed by atoms with van der Waals surface area (Å²) < 4.78 is 10.8. The number of hydrogen-bond donors (Lipinski definition) is 1. The van der Waals surface area contributed by atoms with Gasteiger partial charge < -0.3 is 14.8 Å². The van der Waals surface area contributed by atoms with Gasteiger partial charge in [-0.1, -0.05) is 25.3 Å². The summed E-state index contributed by atoms with van der Waals surface area (Å²) in [5.74, 6) is 2.00. The van der Waals surface area contributed by atoms with Crippen molar-refractivity contribution in [2.24, 2.45) is 5.92 Å². The Bertz CT molecular complexity index is 533. The normalized spacial score (nSPS) is 15.6. The molecule has 1 aromatic carbocycles. The van der Waals surface area contributed by atoms with Gasteiger partial charge in [0.1, 0.15) is 0 Å². The van der Waals surface area contributed by atoms with E-state index < -0.39 is 0 Å². The van der Waals surface area contributed by atoms with Crippen molar-refractivity contribution in [1.29, 1.82) is 0 Å². The van der Waals surface area contributed by atoms with Crippen LogP contribution in [0.5, 0.6) is 11.5 Å². The van der Waals surface area contributed by atoms with Gasteiger partial charge in [0.25, 0.3) is 0 Å². The third kappa shape index (κ3) is 5.62. The van der Waals surface area contributed by atoms with E-state index in [1.807, 2.05) is 25.1 Å². The first-order valence-electron chi connectivity index (χ1n) is 8.49. The maximum Gasteiger partial charge on any atom is 0.244 e. The highest BCUT2D eigenvalue weighted by molar-refractivity contribution is 5.91. The minimum Gasteiger partial charge on any atom is -0.493 e. The topological polar surface area (TPSA) is 47.6 Å². The average molecular weight is 317 g/mol. The fourth-order valence-corrected chi connectivity index (χ4v) is 2.93. The van der Waals surface area contributed by atoms with E-state index in [9.17, 15) is 4.79 Å². The van der Waals surface area contributed by atoms with Gasteiger partial charge in [-0.3, -0.25) is 4.79 Å². The highest BCUT2D eigenvalue weighted by Gasteiger charge is 2.13. The number of carbonyl (C=O) groups is 1. The van der Waals surface area contributed by atoms with Gasteiger partial charge in [-0.25, -0.2) is 0 Å². The number of nitrogens with one attached hydrogen (secondary N) is 1. The summed E-state index contributed by atoms with van der Waals surface area (Å²) in [6.07, 6.45) is 9.78. The van der Waals surface area contributed by atoms with Gasteiger partial charge >= 0.3 is 0 Å². The largest absolute Gasteiger partial charge is 0.493 e. The molecule has 0 atom stereocenters. The highest BCUT2D eigenvalue weighted by Crippen LogP contribution is 2.28. The molecule has 1 aliphatic carbocycles. The Morgan fingerprint density at radius 3 is 2.74 bits per heavy atom. The second kappa shape index (κ2) is 9.23. The molecule has 4 heteroatoms. The Labute approximate surface area is 138 Å². The highest BCUT2D eigenvalue weighted by atomic mass is 16.5. The number of ether oxygens (including phenoxy) is 2. The summed E-state index contributed by atoms with van der Waals surface area (Å²) >= 11 is 0. The van der Waals surface area contributed by atoms with Crippen molar-refractivity contribution in [2.45, 2.75) is 39.0 Å². The molecular weight excluding hydrogens is 290 g/mol. The van der Waals surface area contributed by atoms with Crippen LogP contribution in [0.25, 0.3) is 6.08 Å². The fourth-order valence-electron chi connectivity index (χ4n) is 2.93. The molecule has 1 fully saturated rings. The van der Waals surface area contributed by atoms with Crippen LogP contribution >= 0.6 is 0 Å². The van der Waals surface area contributed by atoms with E-state index in [1.165, 1.54) is 32.1 Å². The van der Waals surface area contributed by atoms with E-state index in [4.69, 9.17) is 9.47 Å². The van der Waals surface area contributed by atoms with E-state index in [0.717, 1.165) is 12.1 Å². The number of methoxy groups -OCH3 is 1. The lowest BCUT2D eigenvalue weighted by molar-refractivity contribution is -0.116. The third-order valence-electron chi connectivity index (χ3n) is 4.20. The van der Waals surface area contributed by atoms with Gasteiger partial charge in [-0.2, -0.15) is 0 Å². The average Bonchev–Trinajstić information content (AvgIpc) is 2.60. The molecule has 4 nitrogen and oxygen atoms in total. The summed E-state index contributed by atoms with van der Waals surface area (Å²) in [7, 11) is 1.61. The SMILES string of the molecule is CCOc1ccc(/C=C/C(=O)NCC2CCCCC2)cc1OC. The molecule has 1 amide bonds.